The van der Waals surface area contributed by atoms with Crippen LogP contribution in [0.1, 0.15) is 33.3 Å². The Kier molecular flexibility index (Phi) is 6.78. The number of thiophene rings is 1. The summed E-state index contributed by atoms with van der Waals surface area (Å²) in [4.78, 5) is 2.53. The highest BCUT2D eigenvalue weighted by atomic mass is 32.1. The lowest BCUT2D eigenvalue weighted by molar-refractivity contribution is 0.176. The van der Waals surface area contributed by atoms with Gasteiger partial charge in [-0.25, -0.2) is 0 Å². The minimum absolute atomic E-state index is 0.633. The fourth-order valence-electron chi connectivity index (χ4n) is 2.11. The van der Waals surface area contributed by atoms with Crippen LogP contribution in [0.15, 0.2) is 16.8 Å². The highest BCUT2D eigenvalue weighted by molar-refractivity contribution is 7.07. The lowest BCUT2D eigenvalue weighted by Gasteiger charge is -2.30. The van der Waals surface area contributed by atoms with Gasteiger partial charge >= 0.3 is 0 Å². The van der Waals surface area contributed by atoms with E-state index in [4.69, 9.17) is 0 Å². The number of hydrogen-bond donors (Lipinski definition) is 1. The zero-order valence-corrected chi connectivity index (χ0v) is 12.4. The third-order valence-corrected chi connectivity index (χ3v) is 3.78. The second kappa shape index (κ2) is 7.85. The highest BCUT2D eigenvalue weighted by Gasteiger charge is 2.11. The van der Waals surface area contributed by atoms with Crippen molar-refractivity contribution < 1.29 is 0 Å². The molecule has 0 aliphatic heterocycles. The van der Waals surface area contributed by atoms with Gasteiger partial charge in [0.25, 0.3) is 0 Å². The Morgan fingerprint density at radius 1 is 1.18 bits per heavy atom. The lowest BCUT2D eigenvalue weighted by atomic mass is 10.2. The number of nitrogens with zero attached hydrogens (tertiary/aromatic N) is 1. The molecule has 0 atom stereocenters. The van der Waals surface area contributed by atoms with Gasteiger partial charge < -0.3 is 5.32 Å². The summed E-state index contributed by atoms with van der Waals surface area (Å²) in [7, 11) is 0. The molecule has 3 heteroatoms. The maximum atomic E-state index is 3.53. The topological polar surface area (TPSA) is 15.3 Å². The minimum Gasteiger partial charge on any atom is -0.315 e. The van der Waals surface area contributed by atoms with Crippen molar-refractivity contribution in [3.05, 3.63) is 22.4 Å². The monoisotopic (exact) mass is 254 g/mol. The van der Waals surface area contributed by atoms with Crippen molar-refractivity contribution in [2.24, 2.45) is 0 Å². The zero-order valence-electron chi connectivity index (χ0n) is 11.6. The van der Waals surface area contributed by atoms with Crippen LogP contribution in [0.5, 0.6) is 0 Å². The third-order valence-electron chi connectivity index (χ3n) is 3.04. The van der Waals surface area contributed by atoms with Gasteiger partial charge in [0.05, 0.1) is 0 Å². The first-order valence-electron chi connectivity index (χ1n) is 6.58. The van der Waals surface area contributed by atoms with Crippen molar-refractivity contribution in [3.8, 4) is 0 Å². The highest BCUT2D eigenvalue weighted by Crippen LogP contribution is 2.06. The second-order valence-electron chi connectivity index (χ2n) is 5.06. The molecule has 17 heavy (non-hydrogen) atoms. The summed E-state index contributed by atoms with van der Waals surface area (Å²) < 4.78 is 0. The molecule has 0 radical (unpaired) electrons. The van der Waals surface area contributed by atoms with Crippen molar-refractivity contribution in [3.63, 3.8) is 0 Å². The van der Waals surface area contributed by atoms with Crippen LogP contribution in [0.2, 0.25) is 0 Å². The molecule has 1 rings (SSSR count). The molecule has 0 saturated carbocycles. The summed E-state index contributed by atoms with van der Waals surface area (Å²) in [6, 6.07) is 3.48. The maximum absolute atomic E-state index is 3.53. The molecule has 1 N–H and O–H groups in total. The molecule has 0 fully saturated rings. The molecular weight excluding hydrogens is 228 g/mol. The van der Waals surface area contributed by atoms with E-state index in [-0.39, 0.29) is 0 Å². The number of hydrogen-bond acceptors (Lipinski definition) is 3. The molecule has 0 saturated heterocycles. The fraction of sp³-hybridized carbons (Fsp3) is 0.714. The molecule has 0 amide bonds. The molecule has 1 aromatic rings. The van der Waals surface area contributed by atoms with E-state index < -0.39 is 0 Å². The van der Waals surface area contributed by atoms with Gasteiger partial charge in [-0.05, 0) is 63.1 Å². The SMILES string of the molecule is CC(C)N(CCNCCc1ccsc1)C(C)C. The van der Waals surface area contributed by atoms with E-state index in [1.54, 1.807) is 11.3 Å². The minimum atomic E-state index is 0.633. The van der Waals surface area contributed by atoms with Crippen LogP contribution in [-0.4, -0.2) is 36.6 Å². The fourth-order valence-corrected chi connectivity index (χ4v) is 2.82. The van der Waals surface area contributed by atoms with Gasteiger partial charge in [-0.2, -0.15) is 11.3 Å². The zero-order chi connectivity index (χ0) is 12.7. The van der Waals surface area contributed by atoms with Crippen LogP contribution in [0.3, 0.4) is 0 Å². The van der Waals surface area contributed by atoms with Gasteiger partial charge in [-0.1, -0.05) is 0 Å². The molecule has 0 aliphatic carbocycles. The lowest BCUT2D eigenvalue weighted by Crippen LogP contribution is -2.41. The van der Waals surface area contributed by atoms with Crippen LogP contribution < -0.4 is 5.32 Å². The Bertz CT molecular complexity index is 272. The molecular formula is C14H26N2S. The largest absolute Gasteiger partial charge is 0.315 e. The molecule has 1 heterocycles. The predicted octanol–water partition coefficient (Wildman–Crippen LogP) is 3.00. The quantitative estimate of drug-likeness (QED) is 0.718. The number of nitrogens with one attached hydrogen (secondary N) is 1. The van der Waals surface area contributed by atoms with Gasteiger partial charge in [0, 0.05) is 25.2 Å². The summed E-state index contributed by atoms with van der Waals surface area (Å²) in [5, 5.41) is 7.91. The number of rotatable bonds is 8. The molecule has 0 bridgehead atoms. The summed E-state index contributed by atoms with van der Waals surface area (Å²) in [6.07, 6.45) is 1.15. The smallest absolute Gasteiger partial charge is 0.0112 e. The van der Waals surface area contributed by atoms with E-state index >= 15 is 0 Å². The Balaban J connectivity index is 2.10. The summed E-state index contributed by atoms with van der Waals surface area (Å²) in [6.45, 7) is 12.4. The van der Waals surface area contributed by atoms with Gasteiger partial charge in [0.15, 0.2) is 0 Å². The first kappa shape index (κ1) is 14.7. The Hall–Kier alpha value is -0.380. The molecule has 0 aromatic carbocycles. The molecule has 2 nitrogen and oxygen atoms in total. The van der Waals surface area contributed by atoms with Crippen molar-refractivity contribution in [1.29, 1.82) is 0 Å². The normalized spacial score (nSPS) is 11.9. The Morgan fingerprint density at radius 3 is 2.41 bits per heavy atom. The first-order valence-corrected chi connectivity index (χ1v) is 7.53. The average molecular weight is 254 g/mol. The van der Waals surface area contributed by atoms with E-state index in [9.17, 15) is 0 Å². The van der Waals surface area contributed by atoms with E-state index in [1.807, 2.05) is 0 Å². The van der Waals surface area contributed by atoms with E-state index in [1.165, 1.54) is 5.56 Å². The maximum Gasteiger partial charge on any atom is 0.0112 e. The molecule has 0 unspecified atom stereocenters. The average Bonchev–Trinajstić information content (AvgIpc) is 2.74. The van der Waals surface area contributed by atoms with Crippen molar-refractivity contribution in [2.75, 3.05) is 19.6 Å². The Morgan fingerprint density at radius 2 is 1.88 bits per heavy atom. The van der Waals surface area contributed by atoms with Crippen LogP contribution >= 0.6 is 11.3 Å². The Labute approximate surface area is 110 Å². The molecule has 0 spiro atoms. The van der Waals surface area contributed by atoms with E-state index in [2.05, 4.69) is 54.7 Å². The van der Waals surface area contributed by atoms with Gasteiger partial charge in [0.2, 0.25) is 0 Å². The van der Waals surface area contributed by atoms with Gasteiger partial charge in [0.1, 0.15) is 0 Å². The standard InChI is InChI=1S/C14H26N2S/c1-12(2)16(13(3)4)9-8-15-7-5-14-6-10-17-11-14/h6,10-13,15H,5,7-9H2,1-4H3. The molecule has 98 valence electrons. The van der Waals surface area contributed by atoms with Crippen molar-refractivity contribution in [2.45, 2.75) is 46.2 Å². The van der Waals surface area contributed by atoms with E-state index in [0.717, 1.165) is 26.1 Å². The summed E-state index contributed by atoms with van der Waals surface area (Å²) >= 11 is 1.78. The van der Waals surface area contributed by atoms with Crippen molar-refractivity contribution >= 4 is 11.3 Å². The van der Waals surface area contributed by atoms with Crippen LogP contribution in [0.25, 0.3) is 0 Å². The molecule has 1 aromatic heterocycles. The van der Waals surface area contributed by atoms with Crippen LogP contribution in [-0.2, 0) is 6.42 Å². The predicted molar refractivity (Wildman–Crippen MR) is 77.9 cm³/mol. The second-order valence-corrected chi connectivity index (χ2v) is 5.84. The van der Waals surface area contributed by atoms with Gasteiger partial charge in [-0.3, -0.25) is 4.90 Å². The first-order chi connectivity index (χ1) is 8.11. The van der Waals surface area contributed by atoms with Crippen molar-refractivity contribution in [1.82, 2.24) is 10.2 Å². The van der Waals surface area contributed by atoms with E-state index in [0.29, 0.717) is 12.1 Å². The van der Waals surface area contributed by atoms with Crippen LogP contribution in [0.4, 0.5) is 0 Å². The summed E-state index contributed by atoms with van der Waals surface area (Å²) in [5.74, 6) is 0. The third kappa shape index (κ3) is 5.66. The van der Waals surface area contributed by atoms with Gasteiger partial charge in [-0.15, -0.1) is 0 Å². The summed E-state index contributed by atoms with van der Waals surface area (Å²) in [5.41, 5.74) is 1.45. The molecule has 0 aliphatic rings. The van der Waals surface area contributed by atoms with Crippen LogP contribution in [0, 0.1) is 0 Å².